The highest BCUT2D eigenvalue weighted by atomic mass is 33.1. The van der Waals surface area contributed by atoms with Crippen molar-refractivity contribution in [2.75, 3.05) is 23.0 Å². The molecular weight excluding hydrogens is 677 g/mol. The van der Waals surface area contributed by atoms with E-state index in [0.29, 0.717) is 22.5 Å². The normalized spacial score (nSPS) is 10.8. The Morgan fingerprint density at radius 2 is 0.708 bits per heavy atom. The summed E-state index contributed by atoms with van der Waals surface area (Å²) in [5, 5.41) is 7.24. The van der Waals surface area contributed by atoms with Crippen LogP contribution < -0.4 is 0 Å². The van der Waals surface area contributed by atoms with Gasteiger partial charge >= 0.3 is 0 Å². The maximum Gasteiger partial charge on any atom is 0.219 e. The van der Waals surface area contributed by atoms with Gasteiger partial charge < -0.3 is 0 Å². The smallest absolute Gasteiger partial charge is 0.219 e. The topological polar surface area (TPSA) is 132 Å². The molecule has 0 saturated carbocycles. The Morgan fingerprint density at radius 3 is 1.00 bits per heavy atom. The van der Waals surface area contributed by atoms with Crippen LogP contribution in [0.15, 0.2) is 58.8 Å². The number of unbranched alkanes of at least 4 members (excludes halogenated alkanes) is 16. The van der Waals surface area contributed by atoms with E-state index < -0.39 is 0 Å². The Morgan fingerprint density at radius 1 is 0.438 bits per heavy atom. The molecule has 12 heteroatoms. The van der Waals surface area contributed by atoms with Gasteiger partial charge in [-0.2, -0.15) is 0 Å². The van der Waals surface area contributed by atoms with Gasteiger partial charge in [-0.1, -0.05) is 194 Å². The number of carbonyl (C=O) groups excluding carboxylic acids is 2. The summed E-state index contributed by atoms with van der Waals surface area (Å²) >= 11 is 2.76. The first-order valence-electron chi connectivity index (χ1n) is 17.5. The highest BCUT2D eigenvalue weighted by molar-refractivity contribution is 8.76. The molecule has 0 saturated heterocycles. The van der Waals surface area contributed by atoms with Crippen molar-refractivity contribution in [3.05, 3.63) is 80.5 Å². The lowest BCUT2D eigenvalue weighted by Gasteiger charge is -2.04. The predicted octanol–water partition coefficient (Wildman–Crippen LogP) is 14.4. The fourth-order valence-corrected chi connectivity index (χ4v) is 9.01. The van der Waals surface area contributed by atoms with Crippen LogP contribution in [0.5, 0.6) is 0 Å². The minimum Gasteiger partial charge on any atom is -0.282 e. The average molecular weight is 729 g/mol. The van der Waals surface area contributed by atoms with Crippen molar-refractivity contribution in [2.45, 2.75) is 116 Å². The number of rotatable bonds is 29. The molecule has 0 aliphatic rings. The molecule has 0 heterocycles. The molecule has 48 heavy (non-hydrogen) atoms. The second-order valence-corrected chi connectivity index (χ2v) is 16.6. The largest absolute Gasteiger partial charge is 0.282 e. The maximum atomic E-state index is 12.2. The van der Waals surface area contributed by atoms with Crippen molar-refractivity contribution in [3.63, 3.8) is 0 Å². The molecule has 0 amide bonds. The summed E-state index contributed by atoms with van der Waals surface area (Å²) in [7, 11) is 4.11. The van der Waals surface area contributed by atoms with Crippen LogP contribution >= 0.6 is 45.1 Å². The second-order valence-electron chi connectivity index (χ2n) is 11.8. The highest BCUT2D eigenvalue weighted by Gasteiger charge is 2.07. The Labute approximate surface area is 304 Å². The third kappa shape index (κ3) is 21.7. The summed E-state index contributed by atoms with van der Waals surface area (Å²) in [6.07, 6.45) is 23.1. The summed E-state index contributed by atoms with van der Waals surface area (Å²) in [5.41, 5.74) is 19.3. The molecule has 0 aliphatic heterocycles. The van der Waals surface area contributed by atoms with E-state index in [4.69, 9.17) is 11.1 Å². The monoisotopic (exact) mass is 728 g/mol. The standard InChI is InChI=1S/C36H52N6O2S4/c37-41-39-33-23-19-31(20-24-33)35(43)45-27-15-11-7-3-1-5-9-13-17-29-47-48-30-18-14-10-6-2-4-8-12-16-28-46-36(44)32-21-25-34(26-22-32)40-42-38/h19-26H,1-18,27-30H2. The molecule has 0 unspecified atom stereocenters. The van der Waals surface area contributed by atoms with E-state index in [1.807, 2.05) is 0 Å². The van der Waals surface area contributed by atoms with Crippen molar-refractivity contribution in [1.29, 1.82) is 0 Å². The van der Waals surface area contributed by atoms with E-state index in [-0.39, 0.29) is 10.2 Å². The molecule has 8 nitrogen and oxygen atoms in total. The molecular formula is C36H52N6O2S4. The van der Waals surface area contributed by atoms with Crippen LogP contribution in [-0.2, 0) is 0 Å². The molecule has 0 atom stereocenters. The van der Waals surface area contributed by atoms with Crippen molar-refractivity contribution in [1.82, 2.24) is 0 Å². The van der Waals surface area contributed by atoms with Crippen molar-refractivity contribution in [2.24, 2.45) is 10.2 Å². The van der Waals surface area contributed by atoms with Gasteiger partial charge in [-0.3, -0.25) is 9.59 Å². The SMILES string of the molecule is [N-]=[N+]=Nc1ccc(C(=O)SCCCCCCCCCCCSSCCCCCCCCCCCSC(=O)c2ccc(N=[N+]=[N-])cc2)cc1. The van der Waals surface area contributed by atoms with E-state index in [9.17, 15) is 9.59 Å². The van der Waals surface area contributed by atoms with Crippen molar-refractivity contribution >= 4 is 66.7 Å². The van der Waals surface area contributed by atoms with Gasteiger partial charge in [0.2, 0.25) is 10.2 Å². The molecule has 0 spiro atoms. The van der Waals surface area contributed by atoms with E-state index in [1.165, 1.54) is 138 Å². The lowest BCUT2D eigenvalue weighted by atomic mass is 10.1. The fraction of sp³-hybridized carbons (Fsp3) is 0.611. The zero-order valence-electron chi connectivity index (χ0n) is 28.3. The van der Waals surface area contributed by atoms with Gasteiger partial charge in [0.05, 0.1) is 0 Å². The molecule has 0 bridgehead atoms. The first-order valence-corrected chi connectivity index (χ1v) is 22.0. The number of hydrogen-bond donors (Lipinski definition) is 0. The van der Waals surface area contributed by atoms with Crippen molar-refractivity contribution < 1.29 is 9.59 Å². The van der Waals surface area contributed by atoms with Crippen molar-refractivity contribution in [3.8, 4) is 0 Å². The molecule has 2 rings (SSSR count). The van der Waals surface area contributed by atoms with Gasteiger partial charge in [-0.05, 0) is 36.7 Å². The maximum absolute atomic E-state index is 12.2. The van der Waals surface area contributed by atoms with E-state index in [0.717, 1.165) is 24.3 Å². The molecule has 2 aromatic carbocycles. The molecule has 0 N–H and O–H groups in total. The quantitative estimate of drug-likeness (QED) is 0.0269. The molecule has 0 radical (unpaired) electrons. The van der Waals surface area contributed by atoms with Crippen LogP contribution in [0.4, 0.5) is 11.4 Å². The Kier molecular flexibility index (Phi) is 26.0. The van der Waals surface area contributed by atoms with Gasteiger partial charge in [0, 0.05) is 55.3 Å². The number of nitrogens with zero attached hydrogens (tertiary/aromatic N) is 6. The van der Waals surface area contributed by atoms with E-state index in [2.05, 4.69) is 41.6 Å². The van der Waals surface area contributed by atoms with Crippen LogP contribution in [0.25, 0.3) is 20.9 Å². The summed E-state index contributed by atoms with van der Waals surface area (Å²) in [5.74, 6) is 4.28. The minimum atomic E-state index is 0.0864. The molecule has 0 aliphatic carbocycles. The van der Waals surface area contributed by atoms with Crippen LogP contribution in [-0.4, -0.2) is 33.2 Å². The van der Waals surface area contributed by atoms with Gasteiger partial charge in [0.15, 0.2) is 0 Å². The number of azide groups is 2. The number of carbonyl (C=O) groups is 2. The summed E-state index contributed by atoms with van der Waals surface area (Å²) < 4.78 is 0. The average Bonchev–Trinajstić information content (AvgIpc) is 3.10. The number of hydrogen-bond acceptors (Lipinski definition) is 8. The summed E-state index contributed by atoms with van der Waals surface area (Å²) in [6.45, 7) is 0. The first kappa shape index (κ1) is 42.0. The lowest BCUT2D eigenvalue weighted by Crippen LogP contribution is -1.94. The fourth-order valence-electron chi connectivity index (χ4n) is 5.05. The zero-order chi connectivity index (χ0) is 34.3. The molecule has 262 valence electrons. The van der Waals surface area contributed by atoms with Crippen LogP contribution in [0.2, 0.25) is 0 Å². The lowest BCUT2D eigenvalue weighted by molar-refractivity contribution is 0.108. The van der Waals surface area contributed by atoms with Crippen LogP contribution in [0.1, 0.15) is 136 Å². The van der Waals surface area contributed by atoms with E-state index in [1.54, 1.807) is 48.5 Å². The predicted molar refractivity (Wildman–Crippen MR) is 212 cm³/mol. The summed E-state index contributed by atoms with van der Waals surface area (Å²) in [4.78, 5) is 30.0. The third-order valence-electron chi connectivity index (χ3n) is 7.82. The molecule has 0 aromatic heterocycles. The Balaban J connectivity index is 1.23. The minimum absolute atomic E-state index is 0.0864. The number of benzene rings is 2. The highest BCUT2D eigenvalue weighted by Crippen LogP contribution is 2.25. The van der Waals surface area contributed by atoms with E-state index >= 15 is 0 Å². The third-order valence-corrected chi connectivity index (χ3v) is 12.4. The Bertz CT molecular complexity index is 1150. The van der Waals surface area contributed by atoms with Gasteiger partial charge in [-0.25, -0.2) is 0 Å². The second kappa shape index (κ2) is 29.7. The molecule has 2 aromatic rings. The first-order chi connectivity index (χ1) is 23.6. The van der Waals surface area contributed by atoms with Crippen LogP contribution in [0.3, 0.4) is 0 Å². The van der Waals surface area contributed by atoms with Gasteiger partial charge in [0.25, 0.3) is 0 Å². The number of thioether (sulfide) groups is 2. The Hall–Kier alpha value is -2.20. The summed E-state index contributed by atoms with van der Waals surface area (Å²) in [6, 6.07) is 13.6. The van der Waals surface area contributed by atoms with Gasteiger partial charge in [-0.15, -0.1) is 0 Å². The zero-order valence-corrected chi connectivity index (χ0v) is 31.6. The van der Waals surface area contributed by atoms with Gasteiger partial charge in [0.1, 0.15) is 0 Å². The van der Waals surface area contributed by atoms with Crippen LogP contribution in [0, 0.1) is 0 Å². The molecule has 0 fully saturated rings.